The standard InChI is InChI=1S/C11H22O/c1-4-10(5-2)8-7-9-11(12)6-3/h10H,4-9H2,1-3H3. The Morgan fingerprint density at radius 2 is 1.75 bits per heavy atom. The molecule has 0 bridgehead atoms. The van der Waals surface area contributed by atoms with Crippen molar-refractivity contribution in [3.8, 4) is 0 Å². The van der Waals surface area contributed by atoms with E-state index in [-0.39, 0.29) is 0 Å². The third-order valence-electron chi connectivity index (χ3n) is 2.62. The first-order valence-corrected chi connectivity index (χ1v) is 5.26. The minimum Gasteiger partial charge on any atom is -0.300 e. The van der Waals surface area contributed by atoms with Gasteiger partial charge in [0.15, 0.2) is 0 Å². The first-order valence-electron chi connectivity index (χ1n) is 5.26. The van der Waals surface area contributed by atoms with Crippen molar-refractivity contribution in [1.82, 2.24) is 0 Å². The molecule has 0 amide bonds. The first kappa shape index (κ1) is 11.7. The van der Waals surface area contributed by atoms with Gasteiger partial charge in [0.2, 0.25) is 0 Å². The molecule has 0 atom stereocenters. The van der Waals surface area contributed by atoms with Gasteiger partial charge in [0.05, 0.1) is 0 Å². The fourth-order valence-electron chi connectivity index (χ4n) is 1.46. The van der Waals surface area contributed by atoms with Crippen molar-refractivity contribution < 1.29 is 4.79 Å². The van der Waals surface area contributed by atoms with E-state index in [0.29, 0.717) is 12.2 Å². The minimum absolute atomic E-state index is 0.418. The Morgan fingerprint density at radius 3 is 2.17 bits per heavy atom. The van der Waals surface area contributed by atoms with Crippen LogP contribution >= 0.6 is 0 Å². The lowest BCUT2D eigenvalue weighted by molar-refractivity contribution is -0.118. The lowest BCUT2D eigenvalue weighted by atomic mass is 9.96. The van der Waals surface area contributed by atoms with Crippen LogP contribution < -0.4 is 0 Å². The molecule has 0 aliphatic heterocycles. The molecule has 1 heteroatoms. The molecule has 0 spiro atoms. The average molecular weight is 170 g/mol. The maximum Gasteiger partial charge on any atom is 0.132 e. The molecule has 0 aliphatic rings. The molecule has 12 heavy (non-hydrogen) atoms. The van der Waals surface area contributed by atoms with Gasteiger partial charge in [-0.2, -0.15) is 0 Å². The quantitative estimate of drug-likeness (QED) is 0.571. The topological polar surface area (TPSA) is 17.1 Å². The maximum atomic E-state index is 11.0. The molecule has 0 heterocycles. The molecule has 0 aliphatic carbocycles. The van der Waals surface area contributed by atoms with Gasteiger partial charge in [0.25, 0.3) is 0 Å². The fourth-order valence-corrected chi connectivity index (χ4v) is 1.46. The Labute approximate surface area is 76.6 Å². The predicted octanol–water partition coefficient (Wildman–Crippen LogP) is 3.57. The second kappa shape index (κ2) is 7.33. The van der Waals surface area contributed by atoms with Crippen molar-refractivity contribution in [2.24, 2.45) is 5.92 Å². The zero-order valence-electron chi connectivity index (χ0n) is 8.73. The molecule has 0 saturated carbocycles. The number of carbonyl (C=O) groups excluding carboxylic acids is 1. The largest absolute Gasteiger partial charge is 0.300 e. The van der Waals surface area contributed by atoms with Crippen molar-refractivity contribution >= 4 is 5.78 Å². The third-order valence-corrected chi connectivity index (χ3v) is 2.62. The second-order valence-electron chi connectivity index (χ2n) is 3.47. The van der Waals surface area contributed by atoms with Gasteiger partial charge in [-0.3, -0.25) is 4.79 Å². The van der Waals surface area contributed by atoms with Crippen molar-refractivity contribution in [3.63, 3.8) is 0 Å². The summed E-state index contributed by atoms with van der Waals surface area (Å²) in [5.74, 6) is 1.26. The number of carbonyl (C=O) groups is 1. The summed E-state index contributed by atoms with van der Waals surface area (Å²) in [5.41, 5.74) is 0. The number of ketones is 1. The molecule has 0 rings (SSSR count). The Bertz CT molecular complexity index is 114. The summed E-state index contributed by atoms with van der Waals surface area (Å²) in [5, 5.41) is 0. The predicted molar refractivity (Wildman–Crippen MR) is 53.2 cm³/mol. The van der Waals surface area contributed by atoms with Crippen LogP contribution in [0.2, 0.25) is 0 Å². The highest BCUT2D eigenvalue weighted by atomic mass is 16.1. The second-order valence-corrected chi connectivity index (χ2v) is 3.47. The fraction of sp³-hybridized carbons (Fsp3) is 0.909. The molecular formula is C11H22O. The molecule has 0 radical (unpaired) electrons. The van der Waals surface area contributed by atoms with E-state index in [2.05, 4.69) is 13.8 Å². The van der Waals surface area contributed by atoms with Crippen LogP contribution in [0.3, 0.4) is 0 Å². The van der Waals surface area contributed by atoms with E-state index in [1.54, 1.807) is 0 Å². The summed E-state index contributed by atoms with van der Waals surface area (Å²) in [4.78, 5) is 11.0. The van der Waals surface area contributed by atoms with E-state index in [1.165, 1.54) is 19.3 Å². The lowest BCUT2D eigenvalue weighted by Gasteiger charge is -2.10. The van der Waals surface area contributed by atoms with Gasteiger partial charge >= 0.3 is 0 Å². The molecule has 1 nitrogen and oxygen atoms in total. The van der Waals surface area contributed by atoms with Gasteiger partial charge in [-0.15, -0.1) is 0 Å². The molecule has 0 N–H and O–H groups in total. The van der Waals surface area contributed by atoms with Crippen LogP contribution in [0.4, 0.5) is 0 Å². The Morgan fingerprint density at radius 1 is 1.17 bits per heavy atom. The van der Waals surface area contributed by atoms with Gasteiger partial charge in [-0.1, -0.05) is 40.0 Å². The number of hydrogen-bond acceptors (Lipinski definition) is 1. The van der Waals surface area contributed by atoms with Crippen molar-refractivity contribution in [1.29, 1.82) is 0 Å². The first-order chi connectivity index (χ1) is 5.74. The zero-order valence-corrected chi connectivity index (χ0v) is 8.73. The van der Waals surface area contributed by atoms with Crippen LogP contribution in [-0.4, -0.2) is 5.78 Å². The lowest BCUT2D eigenvalue weighted by Crippen LogP contribution is -2.00. The summed E-state index contributed by atoms with van der Waals surface area (Å²) in [6.45, 7) is 6.41. The third kappa shape index (κ3) is 5.34. The highest BCUT2D eigenvalue weighted by Crippen LogP contribution is 2.16. The number of rotatable bonds is 7. The molecule has 0 saturated heterocycles. The van der Waals surface area contributed by atoms with Crippen molar-refractivity contribution in [2.75, 3.05) is 0 Å². The number of hydrogen-bond donors (Lipinski definition) is 0. The normalized spacial score (nSPS) is 10.7. The van der Waals surface area contributed by atoms with Crippen LogP contribution in [0.5, 0.6) is 0 Å². The Kier molecular flexibility index (Phi) is 7.12. The summed E-state index contributed by atoms with van der Waals surface area (Å²) in [7, 11) is 0. The molecule has 0 fully saturated rings. The average Bonchev–Trinajstić information content (AvgIpc) is 2.12. The summed E-state index contributed by atoms with van der Waals surface area (Å²) in [6, 6.07) is 0. The van der Waals surface area contributed by atoms with Gasteiger partial charge < -0.3 is 0 Å². The smallest absolute Gasteiger partial charge is 0.132 e. The molecular weight excluding hydrogens is 148 g/mol. The molecule has 0 aromatic rings. The van der Waals surface area contributed by atoms with Crippen LogP contribution in [0.1, 0.15) is 59.3 Å². The van der Waals surface area contributed by atoms with Gasteiger partial charge in [-0.25, -0.2) is 0 Å². The van der Waals surface area contributed by atoms with Gasteiger partial charge in [-0.05, 0) is 12.3 Å². The molecule has 0 aromatic carbocycles. The van der Waals surface area contributed by atoms with Crippen LogP contribution in [-0.2, 0) is 4.79 Å². The zero-order chi connectivity index (χ0) is 9.40. The highest BCUT2D eigenvalue weighted by molar-refractivity contribution is 5.77. The van der Waals surface area contributed by atoms with E-state index in [4.69, 9.17) is 0 Å². The highest BCUT2D eigenvalue weighted by Gasteiger charge is 2.04. The summed E-state index contributed by atoms with van der Waals surface area (Å²) >= 11 is 0. The molecule has 0 unspecified atom stereocenters. The van der Waals surface area contributed by atoms with E-state index in [9.17, 15) is 4.79 Å². The van der Waals surface area contributed by atoms with E-state index in [0.717, 1.165) is 18.8 Å². The summed E-state index contributed by atoms with van der Waals surface area (Å²) < 4.78 is 0. The number of Topliss-reactive ketones (excluding diaryl/α,β-unsaturated/α-hetero) is 1. The minimum atomic E-state index is 0.418. The Hall–Kier alpha value is -0.330. The monoisotopic (exact) mass is 170 g/mol. The van der Waals surface area contributed by atoms with E-state index < -0.39 is 0 Å². The maximum absolute atomic E-state index is 11.0. The SMILES string of the molecule is CCC(=O)CCCC(CC)CC. The van der Waals surface area contributed by atoms with E-state index >= 15 is 0 Å². The van der Waals surface area contributed by atoms with E-state index in [1.807, 2.05) is 6.92 Å². The van der Waals surface area contributed by atoms with Crippen LogP contribution in [0, 0.1) is 5.92 Å². The van der Waals surface area contributed by atoms with Crippen LogP contribution in [0.15, 0.2) is 0 Å². The van der Waals surface area contributed by atoms with Gasteiger partial charge in [0.1, 0.15) is 5.78 Å². The van der Waals surface area contributed by atoms with Crippen LogP contribution in [0.25, 0.3) is 0 Å². The molecule has 72 valence electrons. The van der Waals surface area contributed by atoms with Gasteiger partial charge in [0, 0.05) is 12.8 Å². The summed E-state index contributed by atoms with van der Waals surface area (Å²) in [6.07, 6.45) is 6.36. The molecule has 0 aromatic heterocycles. The Balaban J connectivity index is 3.34. The van der Waals surface area contributed by atoms with Crippen molar-refractivity contribution in [3.05, 3.63) is 0 Å². The van der Waals surface area contributed by atoms with Crippen molar-refractivity contribution in [2.45, 2.75) is 59.3 Å².